The zero-order valence-electron chi connectivity index (χ0n) is 13.2. The number of sulfone groups is 1. The summed E-state index contributed by atoms with van der Waals surface area (Å²) in [5, 5.41) is 0.274. The molecule has 1 atom stereocenters. The molecule has 2 rings (SSSR count). The second kappa shape index (κ2) is 6.05. The molecule has 0 bridgehead atoms. The Bertz CT molecular complexity index is 783. The molecule has 0 amide bonds. The van der Waals surface area contributed by atoms with Crippen LogP contribution in [0.15, 0.2) is 28.9 Å². The Morgan fingerprint density at radius 2 is 2.00 bits per heavy atom. The van der Waals surface area contributed by atoms with E-state index in [4.69, 9.17) is 25.8 Å². The van der Waals surface area contributed by atoms with E-state index in [9.17, 15) is 13.2 Å². The Morgan fingerprint density at radius 3 is 2.48 bits per heavy atom. The molecule has 0 N–H and O–H groups in total. The average Bonchev–Trinajstić information content (AvgIpc) is 2.70. The van der Waals surface area contributed by atoms with Gasteiger partial charge in [-0.2, -0.15) is 0 Å². The largest absolute Gasteiger partial charge is 0.495 e. The maximum Gasteiger partial charge on any atom is 0.376 e. The zero-order chi connectivity index (χ0) is 17.4. The number of carbonyl (C=O) groups is 1. The van der Waals surface area contributed by atoms with Crippen LogP contribution in [0, 0.1) is 0 Å². The van der Waals surface area contributed by atoms with Crippen molar-refractivity contribution < 1.29 is 27.4 Å². The van der Waals surface area contributed by atoms with Crippen LogP contribution in [0.3, 0.4) is 0 Å². The van der Waals surface area contributed by atoms with Gasteiger partial charge in [-0.1, -0.05) is 18.5 Å². The summed E-state index contributed by atoms with van der Waals surface area (Å²) in [6.45, 7) is 3.27. The summed E-state index contributed by atoms with van der Waals surface area (Å²) in [5.41, 5.74) is -1.24. The van der Waals surface area contributed by atoms with Gasteiger partial charge >= 0.3 is 5.97 Å². The second-order valence-corrected chi connectivity index (χ2v) is 7.66. The number of cyclic esters (lactones) is 1. The molecule has 8 heteroatoms. The molecule has 0 saturated heterocycles. The van der Waals surface area contributed by atoms with Crippen molar-refractivity contribution in [3.05, 3.63) is 33.9 Å². The third kappa shape index (κ3) is 3.30. The fraction of sp³-hybridized carbons (Fsp3) is 0.400. The van der Waals surface area contributed by atoms with Crippen LogP contribution in [0.1, 0.15) is 20.3 Å². The molecule has 1 aliphatic heterocycles. The first-order valence-corrected chi connectivity index (χ1v) is 9.09. The highest BCUT2D eigenvalue weighted by atomic mass is 35.5. The minimum absolute atomic E-state index is 0.163. The number of halogens is 1. The van der Waals surface area contributed by atoms with Crippen molar-refractivity contribution in [3.8, 4) is 11.5 Å². The minimum atomic E-state index is -3.70. The summed E-state index contributed by atoms with van der Waals surface area (Å²) < 4.78 is 40.0. The van der Waals surface area contributed by atoms with E-state index in [0.29, 0.717) is 12.2 Å². The highest BCUT2D eigenvalue weighted by molar-refractivity contribution is 7.94. The molecule has 0 aromatic heterocycles. The monoisotopic (exact) mass is 360 g/mol. The summed E-state index contributed by atoms with van der Waals surface area (Å²) in [6, 6.07) is 4.51. The van der Waals surface area contributed by atoms with Crippen molar-refractivity contribution in [2.45, 2.75) is 25.9 Å². The summed E-state index contributed by atoms with van der Waals surface area (Å²) in [7, 11) is -2.23. The van der Waals surface area contributed by atoms with Gasteiger partial charge in [-0.15, -0.1) is 0 Å². The predicted molar refractivity (Wildman–Crippen MR) is 85.3 cm³/mol. The van der Waals surface area contributed by atoms with E-state index in [1.807, 2.05) is 0 Å². The van der Waals surface area contributed by atoms with E-state index in [-0.39, 0.29) is 21.4 Å². The number of benzene rings is 1. The molecule has 1 unspecified atom stereocenters. The van der Waals surface area contributed by atoms with E-state index < -0.39 is 21.4 Å². The van der Waals surface area contributed by atoms with Crippen LogP contribution in [0.25, 0.3) is 0 Å². The van der Waals surface area contributed by atoms with Crippen molar-refractivity contribution >= 4 is 27.4 Å². The smallest absolute Gasteiger partial charge is 0.376 e. The van der Waals surface area contributed by atoms with Gasteiger partial charge in [-0.05, 0) is 25.5 Å². The maximum atomic E-state index is 12.1. The molecule has 0 aliphatic carbocycles. The van der Waals surface area contributed by atoms with Gasteiger partial charge in [0.1, 0.15) is 22.0 Å². The number of ether oxygens (including phenoxy) is 3. The van der Waals surface area contributed by atoms with E-state index in [2.05, 4.69) is 0 Å². The van der Waals surface area contributed by atoms with Gasteiger partial charge in [0.05, 0.1) is 12.1 Å². The van der Waals surface area contributed by atoms with Gasteiger partial charge in [0.2, 0.25) is 5.76 Å². The molecule has 0 fully saturated rings. The molecule has 0 spiro atoms. The van der Waals surface area contributed by atoms with Crippen molar-refractivity contribution in [2.75, 3.05) is 13.4 Å². The molecule has 1 aromatic carbocycles. The molecule has 126 valence electrons. The molecule has 0 saturated carbocycles. The van der Waals surface area contributed by atoms with Crippen molar-refractivity contribution in [2.24, 2.45) is 0 Å². The number of esters is 1. The van der Waals surface area contributed by atoms with Gasteiger partial charge in [-0.25, -0.2) is 13.2 Å². The molecular formula is C15H17ClO6S. The third-order valence-corrected chi connectivity index (χ3v) is 5.23. The van der Waals surface area contributed by atoms with E-state index in [0.717, 1.165) is 6.26 Å². The number of carbonyl (C=O) groups excluding carboxylic acids is 1. The van der Waals surface area contributed by atoms with Gasteiger partial charge < -0.3 is 14.2 Å². The van der Waals surface area contributed by atoms with Crippen LogP contribution in [0.5, 0.6) is 11.5 Å². The van der Waals surface area contributed by atoms with Crippen molar-refractivity contribution in [1.82, 2.24) is 0 Å². The summed E-state index contributed by atoms with van der Waals surface area (Å²) in [5.74, 6) is -0.507. The van der Waals surface area contributed by atoms with Gasteiger partial charge in [0, 0.05) is 12.3 Å². The molecule has 0 radical (unpaired) electrons. The van der Waals surface area contributed by atoms with Crippen molar-refractivity contribution in [1.29, 1.82) is 0 Å². The Hall–Kier alpha value is -1.73. The fourth-order valence-electron chi connectivity index (χ4n) is 2.34. The number of rotatable bonds is 5. The second-order valence-electron chi connectivity index (χ2n) is 5.30. The minimum Gasteiger partial charge on any atom is -0.495 e. The summed E-state index contributed by atoms with van der Waals surface area (Å²) in [6.07, 6.45) is 1.32. The van der Waals surface area contributed by atoms with Gasteiger partial charge in [0.25, 0.3) is 0 Å². The first-order valence-electron chi connectivity index (χ1n) is 6.82. The molecule has 1 aliphatic rings. The standard InChI is InChI=1S/C15H17ClO6S/c1-5-15(2)13(23(4,18)19)12(14(17)22-15)21-9-6-7-11(20-3)10(16)8-9/h6-8H,5H2,1-4H3. The molecule has 6 nitrogen and oxygen atoms in total. The lowest BCUT2D eigenvalue weighted by molar-refractivity contribution is -0.147. The SMILES string of the molecule is CCC1(C)OC(=O)C(Oc2ccc(OC)c(Cl)c2)=C1S(C)(=O)=O. The summed E-state index contributed by atoms with van der Waals surface area (Å²) in [4.78, 5) is 11.9. The third-order valence-electron chi connectivity index (χ3n) is 3.58. The average molecular weight is 361 g/mol. The number of hydrogen-bond donors (Lipinski definition) is 0. The quantitative estimate of drug-likeness (QED) is 0.751. The molecule has 23 heavy (non-hydrogen) atoms. The van der Waals surface area contributed by atoms with E-state index in [1.54, 1.807) is 19.9 Å². The normalized spacial score (nSPS) is 21.3. The first kappa shape index (κ1) is 17.6. The van der Waals surface area contributed by atoms with Crippen LogP contribution < -0.4 is 9.47 Å². The van der Waals surface area contributed by atoms with Crippen LogP contribution in [0.4, 0.5) is 0 Å². The summed E-state index contributed by atoms with van der Waals surface area (Å²) >= 11 is 6.01. The Kier molecular flexibility index (Phi) is 4.64. The Labute approximate surface area is 139 Å². The molecular weight excluding hydrogens is 344 g/mol. The van der Waals surface area contributed by atoms with E-state index >= 15 is 0 Å². The van der Waals surface area contributed by atoms with Crippen LogP contribution in [0.2, 0.25) is 5.02 Å². The lowest BCUT2D eigenvalue weighted by Crippen LogP contribution is -2.30. The Balaban J connectivity index is 2.52. The molecule has 1 heterocycles. The topological polar surface area (TPSA) is 78.9 Å². The predicted octanol–water partition coefficient (Wildman–Crippen LogP) is 2.71. The highest BCUT2D eigenvalue weighted by Gasteiger charge is 2.49. The lowest BCUT2D eigenvalue weighted by Gasteiger charge is -2.22. The number of hydrogen-bond acceptors (Lipinski definition) is 6. The van der Waals surface area contributed by atoms with Crippen LogP contribution in [-0.4, -0.2) is 33.4 Å². The lowest BCUT2D eigenvalue weighted by atomic mass is 10.0. The van der Waals surface area contributed by atoms with E-state index in [1.165, 1.54) is 19.2 Å². The maximum absolute atomic E-state index is 12.1. The van der Waals surface area contributed by atoms with Gasteiger partial charge in [0.15, 0.2) is 9.84 Å². The molecule has 1 aromatic rings. The van der Waals surface area contributed by atoms with Crippen molar-refractivity contribution in [3.63, 3.8) is 0 Å². The zero-order valence-corrected chi connectivity index (χ0v) is 14.7. The fourth-order valence-corrected chi connectivity index (χ4v) is 4.02. The van der Waals surface area contributed by atoms with Crippen LogP contribution >= 0.6 is 11.6 Å². The first-order chi connectivity index (χ1) is 10.6. The number of methoxy groups -OCH3 is 1. The Morgan fingerprint density at radius 1 is 1.35 bits per heavy atom. The highest BCUT2D eigenvalue weighted by Crippen LogP contribution is 2.40. The van der Waals surface area contributed by atoms with Crippen LogP contribution in [-0.2, 0) is 19.4 Å². The van der Waals surface area contributed by atoms with Gasteiger partial charge in [-0.3, -0.25) is 0 Å².